The van der Waals surface area contributed by atoms with Crippen LogP contribution < -0.4 is 5.32 Å². The Kier molecular flexibility index (Phi) is 5.66. The molecule has 0 atom stereocenters. The molecule has 0 aromatic carbocycles. The molecule has 2 aromatic rings. The predicted molar refractivity (Wildman–Crippen MR) is 92.0 cm³/mol. The summed E-state index contributed by atoms with van der Waals surface area (Å²) in [5.41, 5.74) is 0. The van der Waals surface area contributed by atoms with Gasteiger partial charge in [0.05, 0.1) is 11.1 Å². The van der Waals surface area contributed by atoms with Crippen molar-refractivity contribution >= 4 is 39.1 Å². The average molecular weight is 310 g/mol. The van der Waals surface area contributed by atoms with Crippen molar-refractivity contribution in [1.82, 2.24) is 9.97 Å². The lowest BCUT2D eigenvalue weighted by Gasteiger charge is -2.08. The predicted octanol–water partition coefficient (Wildman–Crippen LogP) is 4.72. The Morgan fingerprint density at radius 2 is 2.10 bits per heavy atom. The van der Waals surface area contributed by atoms with Crippen molar-refractivity contribution < 1.29 is 0 Å². The van der Waals surface area contributed by atoms with Crippen molar-refractivity contribution in [3.8, 4) is 0 Å². The summed E-state index contributed by atoms with van der Waals surface area (Å²) in [7, 11) is 0. The van der Waals surface area contributed by atoms with E-state index in [2.05, 4.69) is 39.1 Å². The first kappa shape index (κ1) is 15.6. The summed E-state index contributed by atoms with van der Waals surface area (Å²) in [6.07, 6.45) is 2.16. The first-order valence-electron chi connectivity index (χ1n) is 7.28. The van der Waals surface area contributed by atoms with Crippen LogP contribution in [0, 0.1) is 0 Å². The van der Waals surface area contributed by atoms with Crippen LogP contribution in [-0.4, -0.2) is 21.8 Å². The summed E-state index contributed by atoms with van der Waals surface area (Å²) in [5, 5.41) is 5.24. The lowest BCUT2D eigenvalue weighted by molar-refractivity contribution is 0.960. The second-order valence-corrected chi connectivity index (χ2v) is 7.74. The standard InChI is InChI=1S/C15H23N3S2/c1-5-7-16-14-12-8-11(6-2)20-15(12)18-13(17-14)9-19-10(3)4/h8,10H,5-7,9H2,1-4H3,(H,16,17,18). The summed E-state index contributed by atoms with van der Waals surface area (Å²) < 4.78 is 0. The third-order valence-electron chi connectivity index (χ3n) is 2.93. The Morgan fingerprint density at radius 1 is 1.30 bits per heavy atom. The topological polar surface area (TPSA) is 37.8 Å². The molecule has 0 fully saturated rings. The Balaban J connectivity index is 2.34. The molecule has 5 heteroatoms. The Morgan fingerprint density at radius 3 is 2.75 bits per heavy atom. The van der Waals surface area contributed by atoms with E-state index in [0.29, 0.717) is 5.25 Å². The van der Waals surface area contributed by atoms with E-state index < -0.39 is 0 Å². The first-order chi connectivity index (χ1) is 9.63. The van der Waals surface area contributed by atoms with Crippen LogP contribution in [-0.2, 0) is 12.2 Å². The van der Waals surface area contributed by atoms with Gasteiger partial charge in [-0.05, 0) is 24.2 Å². The van der Waals surface area contributed by atoms with Crippen molar-refractivity contribution in [2.75, 3.05) is 11.9 Å². The maximum atomic E-state index is 4.73. The third-order valence-corrected chi connectivity index (χ3v) is 5.19. The van der Waals surface area contributed by atoms with E-state index in [1.54, 1.807) is 11.3 Å². The summed E-state index contributed by atoms with van der Waals surface area (Å²) >= 11 is 3.68. The average Bonchev–Trinajstić information content (AvgIpc) is 2.85. The molecule has 0 saturated carbocycles. The fourth-order valence-electron chi connectivity index (χ4n) is 1.87. The number of aromatic nitrogens is 2. The highest BCUT2D eigenvalue weighted by Crippen LogP contribution is 2.30. The zero-order valence-electron chi connectivity index (χ0n) is 12.7. The second-order valence-electron chi connectivity index (χ2n) is 5.06. The van der Waals surface area contributed by atoms with Crippen LogP contribution in [0.5, 0.6) is 0 Å². The number of anilines is 1. The van der Waals surface area contributed by atoms with E-state index in [0.717, 1.165) is 41.6 Å². The van der Waals surface area contributed by atoms with E-state index in [1.807, 2.05) is 11.8 Å². The van der Waals surface area contributed by atoms with Crippen LogP contribution in [0.2, 0.25) is 0 Å². The van der Waals surface area contributed by atoms with Crippen molar-refractivity contribution in [3.63, 3.8) is 0 Å². The fourth-order valence-corrected chi connectivity index (χ4v) is 3.47. The normalized spacial score (nSPS) is 11.4. The molecule has 2 aromatic heterocycles. The van der Waals surface area contributed by atoms with Gasteiger partial charge in [0, 0.05) is 11.4 Å². The minimum Gasteiger partial charge on any atom is -0.369 e. The highest BCUT2D eigenvalue weighted by atomic mass is 32.2. The molecule has 0 unspecified atom stereocenters. The van der Waals surface area contributed by atoms with Crippen LogP contribution in [0.4, 0.5) is 5.82 Å². The fraction of sp³-hybridized carbons (Fsp3) is 0.600. The molecule has 0 aliphatic carbocycles. The summed E-state index contributed by atoms with van der Waals surface area (Å²) in [4.78, 5) is 12.0. The van der Waals surface area contributed by atoms with Gasteiger partial charge in [-0.1, -0.05) is 27.7 Å². The van der Waals surface area contributed by atoms with Crippen LogP contribution in [0.1, 0.15) is 44.8 Å². The molecule has 3 nitrogen and oxygen atoms in total. The van der Waals surface area contributed by atoms with Gasteiger partial charge in [0.15, 0.2) is 0 Å². The van der Waals surface area contributed by atoms with E-state index in [4.69, 9.17) is 9.97 Å². The molecule has 0 aliphatic heterocycles. The van der Waals surface area contributed by atoms with Gasteiger partial charge in [0.1, 0.15) is 16.5 Å². The molecule has 0 saturated heterocycles. The minimum absolute atomic E-state index is 0.607. The smallest absolute Gasteiger partial charge is 0.142 e. The zero-order chi connectivity index (χ0) is 14.5. The van der Waals surface area contributed by atoms with Crippen LogP contribution in [0.25, 0.3) is 10.2 Å². The summed E-state index contributed by atoms with van der Waals surface area (Å²) in [6, 6.07) is 2.23. The van der Waals surface area contributed by atoms with Crippen LogP contribution in [0.3, 0.4) is 0 Å². The Hall–Kier alpha value is -0.810. The first-order valence-corrected chi connectivity index (χ1v) is 9.15. The van der Waals surface area contributed by atoms with Crippen LogP contribution in [0.15, 0.2) is 6.07 Å². The molecule has 2 rings (SSSR count). The molecule has 0 radical (unpaired) electrons. The number of hydrogen-bond donors (Lipinski definition) is 1. The van der Waals surface area contributed by atoms with Gasteiger partial charge in [-0.25, -0.2) is 9.97 Å². The number of thioether (sulfide) groups is 1. The number of nitrogens with zero attached hydrogens (tertiary/aromatic N) is 2. The Labute approximate surface area is 129 Å². The van der Waals surface area contributed by atoms with Gasteiger partial charge in [-0.15, -0.1) is 11.3 Å². The quantitative estimate of drug-likeness (QED) is 0.803. The van der Waals surface area contributed by atoms with Gasteiger partial charge >= 0.3 is 0 Å². The molecule has 1 N–H and O–H groups in total. The molecule has 0 aliphatic rings. The van der Waals surface area contributed by atoms with Crippen molar-refractivity contribution in [2.45, 2.75) is 51.5 Å². The maximum Gasteiger partial charge on any atom is 0.142 e. The molecule has 0 spiro atoms. The maximum absolute atomic E-state index is 4.73. The van der Waals surface area contributed by atoms with E-state index >= 15 is 0 Å². The summed E-state index contributed by atoms with van der Waals surface area (Å²) in [5.74, 6) is 2.83. The lowest BCUT2D eigenvalue weighted by atomic mass is 10.3. The molecule has 0 bridgehead atoms. The van der Waals surface area contributed by atoms with Crippen LogP contribution >= 0.6 is 23.1 Å². The van der Waals surface area contributed by atoms with Gasteiger partial charge < -0.3 is 5.32 Å². The number of aryl methyl sites for hydroxylation is 1. The van der Waals surface area contributed by atoms with E-state index in [-0.39, 0.29) is 0 Å². The lowest BCUT2D eigenvalue weighted by Crippen LogP contribution is -2.05. The Bertz CT molecular complexity index is 563. The van der Waals surface area contributed by atoms with Crippen molar-refractivity contribution in [2.24, 2.45) is 0 Å². The molecule has 0 amide bonds. The van der Waals surface area contributed by atoms with E-state index in [9.17, 15) is 0 Å². The minimum atomic E-state index is 0.607. The summed E-state index contributed by atoms with van der Waals surface area (Å²) in [6.45, 7) is 9.73. The number of nitrogens with one attached hydrogen (secondary N) is 1. The molecule has 110 valence electrons. The van der Waals surface area contributed by atoms with Gasteiger partial charge in [0.25, 0.3) is 0 Å². The second kappa shape index (κ2) is 7.27. The highest BCUT2D eigenvalue weighted by Gasteiger charge is 2.11. The molecule has 2 heterocycles. The van der Waals surface area contributed by atoms with Gasteiger partial charge in [-0.2, -0.15) is 11.8 Å². The van der Waals surface area contributed by atoms with Crippen molar-refractivity contribution in [3.05, 3.63) is 16.8 Å². The monoisotopic (exact) mass is 309 g/mol. The van der Waals surface area contributed by atoms with E-state index in [1.165, 1.54) is 10.3 Å². The van der Waals surface area contributed by atoms with Gasteiger partial charge in [-0.3, -0.25) is 0 Å². The third kappa shape index (κ3) is 3.85. The SMILES string of the molecule is CCCNc1nc(CSC(C)C)nc2sc(CC)cc12. The number of fused-ring (bicyclic) bond motifs is 1. The largest absolute Gasteiger partial charge is 0.369 e. The number of rotatable bonds is 7. The highest BCUT2D eigenvalue weighted by molar-refractivity contribution is 7.99. The molecular weight excluding hydrogens is 286 g/mol. The molecular formula is C15H23N3S2. The van der Waals surface area contributed by atoms with Crippen molar-refractivity contribution in [1.29, 1.82) is 0 Å². The zero-order valence-corrected chi connectivity index (χ0v) is 14.3. The number of thiophene rings is 1. The number of hydrogen-bond acceptors (Lipinski definition) is 5. The molecule has 20 heavy (non-hydrogen) atoms. The van der Waals surface area contributed by atoms with Gasteiger partial charge in [0.2, 0.25) is 0 Å².